The monoisotopic (exact) mass is 346 g/mol. The van der Waals surface area contributed by atoms with Crippen molar-refractivity contribution < 1.29 is 19.8 Å². The van der Waals surface area contributed by atoms with Gasteiger partial charge < -0.3 is 20.0 Å². The normalized spacial score (nSPS) is 11.2. The van der Waals surface area contributed by atoms with E-state index in [2.05, 4.69) is 0 Å². The first-order valence-electron chi connectivity index (χ1n) is 8.53. The summed E-state index contributed by atoms with van der Waals surface area (Å²) >= 11 is 0. The van der Waals surface area contributed by atoms with Gasteiger partial charge in [-0.05, 0) is 27.9 Å². The summed E-state index contributed by atoms with van der Waals surface area (Å²) in [5.74, 6) is -0.0132. The van der Waals surface area contributed by atoms with E-state index < -0.39 is 0 Å². The molecule has 8 nitrogen and oxygen atoms in total. The van der Waals surface area contributed by atoms with Gasteiger partial charge in [0.25, 0.3) is 0 Å². The second-order valence-corrected chi connectivity index (χ2v) is 5.87. The van der Waals surface area contributed by atoms with Crippen molar-refractivity contribution in [2.75, 3.05) is 79.7 Å². The first-order valence-corrected chi connectivity index (χ1v) is 8.53. The Hall–Kier alpha value is -1.22. The van der Waals surface area contributed by atoms with Crippen LogP contribution >= 0.6 is 0 Å². The zero-order valence-corrected chi connectivity index (χ0v) is 15.6. The molecule has 0 aliphatic rings. The lowest BCUT2D eigenvalue weighted by atomic mass is 10.4. The summed E-state index contributed by atoms with van der Waals surface area (Å²) in [5.41, 5.74) is 0. The van der Waals surface area contributed by atoms with Crippen LogP contribution in [0.25, 0.3) is 0 Å². The van der Waals surface area contributed by atoms with E-state index in [-0.39, 0.29) is 25.0 Å². The largest absolute Gasteiger partial charge is 0.395 e. The third-order valence-corrected chi connectivity index (χ3v) is 3.88. The molecule has 0 aromatic rings. The standard InChI is InChI=1S/C16H34N4O4/c1-5-19(9-11-21)15(23)13-17(3)7-8-18(4)14-16(24)20(6-2)10-12-22/h21-22H,5-14H2,1-4H3. The molecule has 0 aromatic carbocycles. The number of hydrogen-bond acceptors (Lipinski definition) is 6. The lowest BCUT2D eigenvalue weighted by Crippen LogP contribution is -2.44. The van der Waals surface area contributed by atoms with Gasteiger partial charge in [0, 0.05) is 39.3 Å². The maximum Gasteiger partial charge on any atom is 0.236 e. The van der Waals surface area contributed by atoms with Crippen LogP contribution in [-0.2, 0) is 9.59 Å². The zero-order chi connectivity index (χ0) is 18.5. The average Bonchev–Trinajstić information content (AvgIpc) is 2.55. The van der Waals surface area contributed by atoms with Crippen molar-refractivity contribution in [3.05, 3.63) is 0 Å². The van der Waals surface area contributed by atoms with Crippen LogP contribution in [0.15, 0.2) is 0 Å². The number of aliphatic hydroxyl groups excluding tert-OH is 2. The highest BCUT2D eigenvalue weighted by molar-refractivity contribution is 5.78. The van der Waals surface area contributed by atoms with Crippen molar-refractivity contribution in [1.82, 2.24) is 19.6 Å². The smallest absolute Gasteiger partial charge is 0.236 e. The fourth-order valence-corrected chi connectivity index (χ4v) is 2.32. The van der Waals surface area contributed by atoms with Crippen molar-refractivity contribution in [3.63, 3.8) is 0 Å². The lowest BCUT2D eigenvalue weighted by Gasteiger charge is -2.26. The summed E-state index contributed by atoms with van der Waals surface area (Å²) in [6.07, 6.45) is 0. The quantitative estimate of drug-likeness (QED) is 0.423. The van der Waals surface area contributed by atoms with Crippen LogP contribution in [0.3, 0.4) is 0 Å². The summed E-state index contributed by atoms with van der Waals surface area (Å²) in [5, 5.41) is 17.9. The summed E-state index contributed by atoms with van der Waals surface area (Å²) in [6.45, 7) is 7.51. The first kappa shape index (κ1) is 22.8. The molecule has 24 heavy (non-hydrogen) atoms. The minimum atomic E-state index is -0.0318. The van der Waals surface area contributed by atoms with E-state index in [9.17, 15) is 9.59 Å². The third-order valence-electron chi connectivity index (χ3n) is 3.88. The van der Waals surface area contributed by atoms with Gasteiger partial charge >= 0.3 is 0 Å². The number of rotatable bonds is 13. The van der Waals surface area contributed by atoms with E-state index in [0.29, 0.717) is 52.4 Å². The third kappa shape index (κ3) is 9.17. The van der Waals surface area contributed by atoms with E-state index in [4.69, 9.17) is 10.2 Å². The molecule has 0 saturated carbocycles. The minimum absolute atomic E-state index is 0.00659. The maximum atomic E-state index is 12.1. The zero-order valence-electron chi connectivity index (χ0n) is 15.6. The van der Waals surface area contributed by atoms with Crippen LogP contribution in [0, 0.1) is 0 Å². The number of hydrogen-bond donors (Lipinski definition) is 2. The fraction of sp³-hybridized carbons (Fsp3) is 0.875. The van der Waals surface area contributed by atoms with Gasteiger partial charge in [-0.1, -0.05) is 0 Å². The topological polar surface area (TPSA) is 87.6 Å². The number of likely N-dealkylation sites (N-methyl/N-ethyl adjacent to an activating group) is 4. The van der Waals surface area contributed by atoms with Crippen molar-refractivity contribution in [3.8, 4) is 0 Å². The average molecular weight is 346 g/mol. The van der Waals surface area contributed by atoms with Gasteiger partial charge in [-0.2, -0.15) is 0 Å². The number of amides is 2. The predicted molar refractivity (Wildman–Crippen MR) is 93.7 cm³/mol. The Morgan fingerprint density at radius 1 is 0.708 bits per heavy atom. The molecular formula is C16H34N4O4. The van der Waals surface area contributed by atoms with Gasteiger partial charge in [-0.3, -0.25) is 19.4 Å². The van der Waals surface area contributed by atoms with Gasteiger partial charge in [0.1, 0.15) is 0 Å². The van der Waals surface area contributed by atoms with Crippen molar-refractivity contribution in [1.29, 1.82) is 0 Å². The van der Waals surface area contributed by atoms with Crippen LogP contribution in [-0.4, -0.2) is 121 Å². The molecule has 8 heteroatoms. The molecule has 2 N–H and O–H groups in total. The number of aliphatic hydroxyl groups is 2. The Kier molecular flexibility index (Phi) is 12.4. The summed E-state index contributed by atoms with van der Waals surface area (Å²) in [4.78, 5) is 31.2. The van der Waals surface area contributed by atoms with Gasteiger partial charge in [0.15, 0.2) is 0 Å². The molecule has 0 rings (SSSR count). The first-order chi connectivity index (χ1) is 11.4. The highest BCUT2D eigenvalue weighted by Gasteiger charge is 2.16. The van der Waals surface area contributed by atoms with E-state index in [0.717, 1.165) is 0 Å². The van der Waals surface area contributed by atoms with Crippen LogP contribution in [0.5, 0.6) is 0 Å². The Bertz CT molecular complexity index is 334. The molecule has 0 heterocycles. The molecule has 0 aliphatic heterocycles. The highest BCUT2D eigenvalue weighted by Crippen LogP contribution is 1.95. The maximum absolute atomic E-state index is 12.1. The van der Waals surface area contributed by atoms with Crippen molar-refractivity contribution in [2.45, 2.75) is 13.8 Å². The predicted octanol–water partition coefficient (Wildman–Crippen LogP) is -1.47. The lowest BCUT2D eigenvalue weighted by molar-refractivity contribution is -0.133. The Labute approximate surface area is 145 Å². The van der Waals surface area contributed by atoms with E-state index in [1.54, 1.807) is 9.80 Å². The van der Waals surface area contributed by atoms with Gasteiger partial charge in [-0.15, -0.1) is 0 Å². The van der Waals surface area contributed by atoms with E-state index >= 15 is 0 Å². The molecule has 0 fully saturated rings. The van der Waals surface area contributed by atoms with Gasteiger partial charge in [0.05, 0.1) is 26.3 Å². The number of nitrogens with zero attached hydrogens (tertiary/aromatic N) is 4. The minimum Gasteiger partial charge on any atom is -0.395 e. The van der Waals surface area contributed by atoms with Crippen LogP contribution in [0.1, 0.15) is 13.8 Å². The van der Waals surface area contributed by atoms with Crippen LogP contribution in [0.2, 0.25) is 0 Å². The SMILES string of the molecule is CCN(CCO)C(=O)CN(C)CCN(C)CC(=O)N(CC)CCO. The molecule has 0 unspecified atom stereocenters. The molecule has 0 spiro atoms. The molecule has 0 aromatic heterocycles. The van der Waals surface area contributed by atoms with Crippen LogP contribution < -0.4 is 0 Å². The highest BCUT2D eigenvalue weighted by atomic mass is 16.3. The Morgan fingerprint density at radius 2 is 1.04 bits per heavy atom. The summed E-state index contributed by atoms with van der Waals surface area (Å²) < 4.78 is 0. The van der Waals surface area contributed by atoms with Crippen molar-refractivity contribution in [2.24, 2.45) is 0 Å². The molecule has 0 aliphatic carbocycles. The molecule has 0 bridgehead atoms. The van der Waals surface area contributed by atoms with E-state index in [1.807, 2.05) is 37.7 Å². The van der Waals surface area contributed by atoms with Gasteiger partial charge in [-0.25, -0.2) is 0 Å². The van der Waals surface area contributed by atoms with E-state index in [1.165, 1.54) is 0 Å². The summed E-state index contributed by atoms with van der Waals surface area (Å²) in [6, 6.07) is 0. The molecule has 2 amide bonds. The molecular weight excluding hydrogens is 312 g/mol. The molecule has 142 valence electrons. The second kappa shape index (κ2) is 13.1. The number of carbonyl (C=O) groups excluding carboxylic acids is 2. The Balaban J connectivity index is 4.18. The number of carbonyl (C=O) groups is 2. The summed E-state index contributed by atoms with van der Waals surface area (Å²) in [7, 11) is 3.73. The molecule has 0 atom stereocenters. The van der Waals surface area contributed by atoms with Crippen LogP contribution in [0.4, 0.5) is 0 Å². The van der Waals surface area contributed by atoms with Crippen molar-refractivity contribution >= 4 is 11.8 Å². The Morgan fingerprint density at radius 3 is 1.29 bits per heavy atom. The molecule has 0 saturated heterocycles. The fourth-order valence-electron chi connectivity index (χ4n) is 2.32. The van der Waals surface area contributed by atoms with Gasteiger partial charge in [0.2, 0.25) is 11.8 Å². The second-order valence-electron chi connectivity index (χ2n) is 5.87. The molecule has 0 radical (unpaired) electrons.